The molecule has 3 nitrogen and oxygen atoms in total. The molecule has 1 N–H and O–H groups in total. The van der Waals surface area contributed by atoms with Crippen molar-refractivity contribution in [3.05, 3.63) is 16.6 Å². The number of aromatic nitrogens is 1. The maximum atomic E-state index is 10.7. The molecule has 2 aliphatic rings. The van der Waals surface area contributed by atoms with E-state index in [4.69, 9.17) is 0 Å². The number of hydrogen-bond donors (Lipinski definition) is 1. The fraction of sp³-hybridized carbons (Fsp3) is 0.727. The van der Waals surface area contributed by atoms with Crippen molar-refractivity contribution in [2.24, 2.45) is 5.92 Å². The van der Waals surface area contributed by atoms with E-state index in [0.717, 1.165) is 37.4 Å². The smallest absolute Gasteiger partial charge is 0.0953 e. The van der Waals surface area contributed by atoms with Crippen molar-refractivity contribution in [1.82, 2.24) is 9.88 Å². The third-order valence-electron chi connectivity index (χ3n) is 3.83. The standard InChI is InChI=1S/C11H16N2OS/c14-11(7-10-12-3-6-15-10)2-5-13-4-1-9(11)8-13/h3,6,9,14H,1-2,4-5,7-8H2. The molecule has 2 aliphatic heterocycles. The molecule has 1 aromatic rings. The minimum atomic E-state index is -0.481. The van der Waals surface area contributed by atoms with E-state index in [2.05, 4.69) is 9.88 Å². The number of piperidine rings is 1. The molecular weight excluding hydrogens is 208 g/mol. The number of rotatable bonds is 2. The summed E-state index contributed by atoms with van der Waals surface area (Å²) in [4.78, 5) is 6.74. The predicted molar refractivity (Wildman–Crippen MR) is 59.9 cm³/mol. The van der Waals surface area contributed by atoms with Gasteiger partial charge in [0, 0.05) is 37.0 Å². The average Bonchev–Trinajstić information content (AvgIpc) is 2.82. The summed E-state index contributed by atoms with van der Waals surface area (Å²) in [5.41, 5.74) is -0.481. The van der Waals surface area contributed by atoms with Gasteiger partial charge in [0.25, 0.3) is 0 Å². The molecule has 82 valence electrons. The Kier molecular flexibility index (Phi) is 2.30. The Hall–Kier alpha value is -0.450. The molecule has 3 heterocycles. The van der Waals surface area contributed by atoms with Gasteiger partial charge < -0.3 is 10.0 Å². The van der Waals surface area contributed by atoms with Crippen LogP contribution < -0.4 is 0 Å². The minimum Gasteiger partial charge on any atom is -0.389 e. The molecule has 2 fully saturated rings. The predicted octanol–water partition coefficient (Wildman–Crippen LogP) is 1.14. The van der Waals surface area contributed by atoms with Gasteiger partial charge in [0.15, 0.2) is 0 Å². The first-order valence-corrected chi connectivity index (χ1v) is 6.47. The van der Waals surface area contributed by atoms with Crippen molar-refractivity contribution in [3.8, 4) is 0 Å². The van der Waals surface area contributed by atoms with Crippen LogP contribution in [0, 0.1) is 5.92 Å². The Balaban J connectivity index is 1.78. The van der Waals surface area contributed by atoms with Gasteiger partial charge in [0.05, 0.1) is 10.6 Å². The van der Waals surface area contributed by atoms with Crippen molar-refractivity contribution >= 4 is 11.3 Å². The Labute approximate surface area is 93.8 Å². The van der Waals surface area contributed by atoms with E-state index in [-0.39, 0.29) is 0 Å². The molecule has 0 radical (unpaired) electrons. The summed E-state index contributed by atoms with van der Waals surface area (Å²) in [5, 5.41) is 13.7. The maximum Gasteiger partial charge on any atom is 0.0953 e. The van der Waals surface area contributed by atoms with Gasteiger partial charge in [-0.2, -0.15) is 0 Å². The molecule has 3 atom stereocenters. The van der Waals surface area contributed by atoms with E-state index in [1.807, 2.05) is 11.6 Å². The number of nitrogens with zero attached hydrogens (tertiary/aromatic N) is 2. The maximum absolute atomic E-state index is 10.7. The van der Waals surface area contributed by atoms with Crippen LogP contribution in [0.4, 0.5) is 0 Å². The number of thiazole rings is 1. The van der Waals surface area contributed by atoms with E-state index in [1.165, 1.54) is 6.54 Å². The average molecular weight is 224 g/mol. The van der Waals surface area contributed by atoms with Gasteiger partial charge in [-0.25, -0.2) is 4.98 Å². The van der Waals surface area contributed by atoms with Gasteiger partial charge in [-0.3, -0.25) is 0 Å². The molecule has 0 spiro atoms. The summed E-state index contributed by atoms with van der Waals surface area (Å²) in [6, 6.07) is 0. The van der Waals surface area contributed by atoms with Gasteiger partial charge in [-0.05, 0) is 19.4 Å². The largest absolute Gasteiger partial charge is 0.389 e. The van der Waals surface area contributed by atoms with Crippen LogP contribution >= 0.6 is 11.3 Å². The summed E-state index contributed by atoms with van der Waals surface area (Å²) >= 11 is 1.66. The van der Waals surface area contributed by atoms with Crippen molar-refractivity contribution in [1.29, 1.82) is 0 Å². The zero-order chi connectivity index (χ0) is 10.3. The highest BCUT2D eigenvalue weighted by Crippen LogP contribution is 2.37. The number of hydrogen-bond acceptors (Lipinski definition) is 4. The van der Waals surface area contributed by atoms with Crippen LogP contribution in [0.25, 0.3) is 0 Å². The van der Waals surface area contributed by atoms with Crippen molar-refractivity contribution in [2.75, 3.05) is 19.6 Å². The molecule has 2 bridgehead atoms. The Morgan fingerprint density at radius 1 is 1.60 bits per heavy atom. The fourth-order valence-electron chi connectivity index (χ4n) is 2.87. The molecule has 15 heavy (non-hydrogen) atoms. The summed E-state index contributed by atoms with van der Waals surface area (Å²) in [7, 11) is 0. The van der Waals surface area contributed by atoms with Crippen LogP contribution in [-0.4, -0.2) is 40.2 Å². The van der Waals surface area contributed by atoms with Gasteiger partial charge in [-0.1, -0.05) is 0 Å². The van der Waals surface area contributed by atoms with Crippen LogP contribution in [0.2, 0.25) is 0 Å². The quantitative estimate of drug-likeness (QED) is 0.818. The fourth-order valence-corrected chi connectivity index (χ4v) is 3.60. The van der Waals surface area contributed by atoms with Crippen LogP contribution in [0.1, 0.15) is 17.8 Å². The van der Waals surface area contributed by atoms with Crippen LogP contribution in [0.15, 0.2) is 11.6 Å². The Morgan fingerprint density at radius 2 is 2.53 bits per heavy atom. The normalized spacial score (nSPS) is 39.5. The molecule has 0 aromatic carbocycles. The van der Waals surface area contributed by atoms with E-state index < -0.39 is 5.60 Å². The number of aliphatic hydroxyl groups is 1. The molecule has 0 saturated carbocycles. The highest BCUT2D eigenvalue weighted by molar-refractivity contribution is 7.09. The number of fused-ring (bicyclic) bond motifs is 2. The molecule has 2 saturated heterocycles. The Bertz CT molecular complexity index is 340. The summed E-state index contributed by atoms with van der Waals surface area (Å²) in [5.74, 6) is 0.468. The molecule has 3 rings (SSSR count). The second-order valence-electron chi connectivity index (χ2n) is 4.74. The van der Waals surface area contributed by atoms with E-state index in [0.29, 0.717) is 5.92 Å². The third kappa shape index (κ3) is 1.71. The van der Waals surface area contributed by atoms with Crippen molar-refractivity contribution in [2.45, 2.75) is 24.9 Å². The minimum absolute atomic E-state index is 0.468. The molecule has 4 heteroatoms. The first-order chi connectivity index (χ1) is 7.26. The molecular formula is C11H16N2OS. The van der Waals surface area contributed by atoms with Crippen LogP contribution in [0.3, 0.4) is 0 Å². The molecule has 3 unspecified atom stereocenters. The molecule has 1 aromatic heterocycles. The molecule has 0 amide bonds. The van der Waals surface area contributed by atoms with E-state index in [9.17, 15) is 5.11 Å². The summed E-state index contributed by atoms with van der Waals surface area (Å²) in [6.07, 6.45) is 4.65. The highest BCUT2D eigenvalue weighted by atomic mass is 32.1. The van der Waals surface area contributed by atoms with Crippen molar-refractivity contribution < 1.29 is 5.11 Å². The first-order valence-electron chi connectivity index (χ1n) is 5.59. The van der Waals surface area contributed by atoms with Crippen LogP contribution in [-0.2, 0) is 6.42 Å². The third-order valence-corrected chi connectivity index (χ3v) is 4.61. The SMILES string of the molecule is OC1(Cc2nccs2)CCN2CCC1C2. The lowest BCUT2D eigenvalue weighted by Crippen LogP contribution is -2.47. The highest BCUT2D eigenvalue weighted by Gasteiger charge is 2.45. The van der Waals surface area contributed by atoms with E-state index in [1.54, 1.807) is 11.3 Å². The van der Waals surface area contributed by atoms with Gasteiger partial charge in [0.1, 0.15) is 0 Å². The second-order valence-corrected chi connectivity index (χ2v) is 5.72. The van der Waals surface area contributed by atoms with Crippen LogP contribution in [0.5, 0.6) is 0 Å². The van der Waals surface area contributed by atoms with E-state index >= 15 is 0 Å². The van der Waals surface area contributed by atoms with Gasteiger partial charge in [0.2, 0.25) is 0 Å². The topological polar surface area (TPSA) is 36.4 Å². The first kappa shape index (κ1) is 9.75. The molecule has 0 aliphatic carbocycles. The summed E-state index contributed by atoms with van der Waals surface area (Å²) < 4.78 is 0. The lowest BCUT2D eigenvalue weighted by atomic mass is 9.80. The zero-order valence-corrected chi connectivity index (χ0v) is 9.54. The van der Waals surface area contributed by atoms with Gasteiger partial charge in [-0.15, -0.1) is 11.3 Å². The second kappa shape index (κ2) is 3.54. The van der Waals surface area contributed by atoms with Gasteiger partial charge >= 0.3 is 0 Å². The van der Waals surface area contributed by atoms with Crippen molar-refractivity contribution in [3.63, 3.8) is 0 Å². The zero-order valence-electron chi connectivity index (χ0n) is 8.72. The lowest BCUT2D eigenvalue weighted by Gasteiger charge is -2.38. The monoisotopic (exact) mass is 224 g/mol. The lowest BCUT2D eigenvalue weighted by molar-refractivity contribution is -0.0439. The Morgan fingerprint density at radius 3 is 3.33 bits per heavy atom. The summed E-state index contributed by atoms with van der Waals surface area (Å²) in [6.45, 7) is 3.31.